The summed E-state index contributed by atoms with van der Waals surface area (Å²) in [6.45, 7) is 3.81. The largest absolute Gasteiger partial charge is 0.378 e. The van der Waals surface area contributed by atoms with Crippen LogP contribution in [-0.2, 0) is 17.8 Å². The lowest BCUT2D eigenvalue weighted by Crippen LogP contribution is -2.38. The van der Waals surface area contributed by atoms with Crippen molar-refractivity contribution in [2.24, 2.45) is 0 Å². The minimum Gasteiger partial charge on any atom is -0.378 e. The van der Waals surface area contributed by atoms with Crippen LogP contribution in [0.5, 0.6) is 0 Å². The molecule has 2 rings (SSSR count). The van der Waals surface area contributed by atoms with E-state index >= 15 is 0 Å². The third kappa shape index (κ3) is 2.90. The summed E-state index contributed by atoms with van der Waals surface area (Å²) in [5.41, 5.74) is -0.422. The van der Waals surface area contributed by atoms with Crippen molar-refractivity contribution in [3.8, 4) is 0 Å². The van der Waals surface area contributed by atoms with Crippen LogP contribution in [0.3, 0.4) is 0 Å². The van der Waals surface area contributed by atoms with E-state index in [1.54, 1.807) is 10.8 Å². The van der Waals surface area contributed by atoms with Crippen molar-refractivity contribution in [3.63, 3.8) is 0 Å². The highest BCUT2D eigenvalue weighted by molar-refractivity contribution is 4.86. The molecule has 1 aliphatic heterocycles. The van der Waals surface area contributed by atoms with Gasteiger partial charge in [0.05, 0.1) is 6.10 Å². The second kappa shape index (κ2) is 6.00. The summed E-state index contributed by atoms with van der Waals surface area (Å²) in [6.07, 6.45) is 5.83. The number of ether oxygens (including phenoxy) is 1. The molecular formula is C13H20N2O3. The molecular weight excluding hydrogens is 232 g/mol. The van der Waals surface area contributed by atoms with Crippen LogP contribution in [-0.4, -0.2) is 21.8 Å². The fourth-order valence-electron chi connectivity index (χ4n) is 2.35. The molecule has 1 aromatic heterocycles. The molecule has 5 heteroatoms. The minimum atomic E-state index is -0.211. The van der Waals surface area contributed by atoms with Crippen molar-refractivity contribution in [3.05, 3.63) is 33.1 Å². The van der Waals surface area contributed by atoms with Gasteiger partial charge >= 0.3 is 5.69 Å². The van der Waals surface area contributed by atoms with Gasteiger partial charge < -0.3 is 9.30 Å². The van der Waals surface area contributed by atoms with Crippen LogP contribution >= 0.6 is 0 Å². The van der Waals surface area contributed by atoms with Crippen molar-refractivity contribution in [2.75, 3.05) is 6.61 Å². The zero-order valence-electron chi connectivity index (χ0n) is 10.8. The Morgan fingerprint density at radius 3 is 2.94 bits per heavy atom. The Balaban J connectivity index is 2.00. The summed E-state index contributed by atoms with van der Waals surface area (Å²) in [5.74, 6) is 0. The second-order valence-corrected chi connectivity index (χ2v) is 4.65. The summed E-state index contributed by atoms with van der Waals surface area (Å²) >= 11 is 0. The summed E-state index contributed by atoms with van der Waals surface area (Å²) < 4.78 is 8.39. The quantitative estimate of drug-likeness (QED) is 0.785. The molecule has 1 aliphatic rings. The smallest absolute Gasteiger partial charge is 0.330 e. The summed E-state index contributed by atoms with van der Waals surface area (Å²) in [7, 11) is 0. The van der Waals surface area contributed by atoms with Crippen LogP contribution in [0.25, 0.3) is 0 Å². The van der Waals surface area contributed by atoms with Gasteiger partial charge in [0.1, 0.15) is 0 Å². The molecule has 0 N–H and O–H groups in total. The molecule has 5 nitrogen and oxygen atoms in total. The molecule has 1 fully saturated rings. The lowest BCUT2D eigenvalue weighted by molar-refractivity contribution is 0.101. The molecule has 18 heavy (non-hydrogen) atoms. The Kier molecular flexibility index (Phi) is 4.36. The van der Waals surface area contributed by atoms with Crippen LogP contribution in [0.1, 0.15) is 32.6 Å². The van der Waals surface area contributed by atoms with Crippen LogP contribution in [0, 0.1) is 0 Å². The highest BCUT2D eigenvalue weighted by atomic mass is 16.5. The van der Waals surface area contributed by atoms with E-state index in [9.17, 15) is 9.59 Å². The van der Waals surface area contributed by atoms with E-state index in [2.05, 4.69) is 0 Å². The van der Waals surface area contributed by atoms with E-state index in [4.69, 9.17) is 4.74 Å². The topological polar surface area (TPSA) is 53.2 Å². The first-order chi connectivity index (χ1) is 8.72. The molecule has 1 saturated heterocycles. The minimum absolute atomic E-state index is 0.211. The molecule has 1 unspecified atom stereocenters. The van der Waals surface area contributed by atoms with Crippen LogP contribution < -0.4 is 11.2 Å². The first-order valence-corrected chi connectivity index (χ1v) is 6.64. The van der Waals surface area contributed by atoms with Crippen molar-refractivity contribution in [2.45, 2.75) is 51.8 Å². The van der Waals surface area contributed by atoms with Gasteiger partial charge in [-0.05, 0) is 32.6 Å². The Labute approximate surface area is 106 Å². The van der Waals surface area contributed by atoms with Gasteiger partial charge in [-0.3, -0.25) is 9.36 Å². The Morgan fingerprint density at radius 1 is 1.44 bits per heavy atom. The van der Waals surface area contributed by atoms with Gasteiger partial charge in [0.2, 0.25) is 0 Å². The van der Waals surface area contributed by atoms with Crippen molar-refractivity contribution in [1.82, 2.24) is 9.13 Å². The van der Waals surface area contributed by atoms with Crippen molar-refractivity contribution in [1.29, 1.82) is 0 Å². The number of rotatable bonds is 5. The number of hydrogen-bond donors (Lipinski definition) is 0. The number of aryl methyl sites for hydroxylation is 1. The SMILES string of the molecule is CCn1ccc(=O)n(CCCC2CCCO2)c1=O. The maximum atomic E-state index is 11.9. The number of aromatic nitrogens is 2. The molecule has 1 atom stereocenters. The van der Waals surface area contributed by atoms with E-state index in [0.29, 0.717) is 19.2 Å². The lowest BCUT2D eigenvalue weighted by Gasteiger charge is -2.10. The van der Waals surface area contributed by atoms with Gasteiger partial charge in [0, 0.05) is 32.0 Å². The van der Waals surface area contributed by atoms with E-state index in [0.717, 1.165) is 32.3 Å². The number of nitrogens with zero attached hydrogens (tertiary/aromatic N) is 2. The van der Waals surface area contributed by atoms with E-state index in [1.165, 1.54) is 10.6 Å². The molecule has 0 amide bonds. The Morgan fingerprint density at radius 2 is 2.28 bits per heavy atom. The van der Waals surface area contributed by atoms with Crippen molar-refractivity contribution < 1.29 is 4.74 Å². The normalized spacial score (nSPS) is 19.3. The zero-order valence-corrected chi connectivity index (χ0v) is 10.8. The van der Waals surface area contributed by atoms with Gasteiger partial charge in [-0.1, -0.05) is 0 Å². The average Bonchev–Trinajstić information content (AvgIpc) is 2.86. The van der Waals surface area contributed by atoms with Crippen LogP contribution in [0.4, 0.5) is 0 Å². The zero-order chi connectivity index (χ0) is 13.0. The molecule has 1 aromatic rings. The molecule has 0 bridgehead atoms. The van der Waals surface area contributed by atoms with Gasteiger partial charge in [-0.2, -0.15) is 0 Å². The first-order valence-electron chi connectivity index (χ1n) is 6.64. The van der Waals surface area contributed by atoms with E-state index < -0.39 is 0 Å². The Hall–Kier alpha value is -1.36. The van der Waals surface area contributed by atoms with E-state index in [1.807, 2.05) is 6.92 Å². The fraction of sp³-hybridized carbons (Fsp3) is 0.692. The molecule has 2 heterocycles. The van der Waals surface area contributed by atoms with Gasteiger partial charge in [-0.15, -0.1) is 0 Å². The Bertz CT molecular complexity index is 498. The number of hydrogen-bond acceptors (Lipinski definition) is 3. The highest BCUT2D eigenvalue weighted by Crippen LogP contribution is 2.16. The molecule has 0 saturated carbocycles. The maximum absolute atomic E-state index is 11.9. The summed E-state index contributed by atoms with van der Waals surface area (Å²) in [4.78, 5) is 23.6. The van der Waals surface area contributed by atoms with Crippen LogP contribution in [0.15, 0.2) is 21.9 Å². The van der Waals surface area contributed by atoms with Gasteiger partial charge in [0.15, 0.2) is 0 Å². The monoisotopic (exact) mass is 252 g/mol. The van der Waals surface area contributed by atoms with Gasteiger partial charge in [0.25, 0.3) is 5.56 Å². The summed E-state index contributed by atoms with van der Waals surface area (Å²) in [6, 6.07) is 1.46. The van der Waals surface area contributed by atoms with Gasteiger partial charge in [-0.25, -0.2) is 4.79 Å². The van der Waals surface area contributed by atoms with Crippen LogP contribution in [0.2, 0.25) is 0 Å². The van der Waals surface area contributed by atoms with E-state index in [-0.39, 0.29) is 11.2 Å². The average molecular weight is 252 g/mol. The predicted octanol–water partition coefficient (Wildman–Crippen LogP) is 0.989. The standard InChI is InChI=1S/C13H20N2O3/c1-2-14-9-7-12(16)15(13(14)17)8-3-5-11-6-4-10-18-11/h7,9,11H,2-6,8,10H2,1H3. The lowest BCUT2D eigenvalue weighted by atomic mass is 10.1. The fourth-order valence-corrected chi connectivity index (χ4v) is 2.35. The molecule has 0 radical (unpaired) electrons. The molecule has 100 valence electrons. The predicted molar refractivity (Wildman–Crippen MR) is 68.8 cm³/mol. The maximum Gasteiger partial charge on any atom is 0.330 e. The summed E-state index contributed by atoms with van der Waals surface area (Å²) in [5, 5.41) is 0. The first kappa shape index (κ1) is 13.1. The van der Waals surface area contributed by atoms with Crippen molar-refractivity contribution >= 4 is 0 Å². The highest BCUT2D eigenvalue weighted by Gasteiger charge is 2.15. The molecule has 0 aromatic carbocycles. The molecule has 0 aliphatic carbocycles. The second-order valence-electron chi connectivity index (χ2n) is 4.65. The molecule has 0 spiro atoms. The third-order valence-corrected chi connectivity index (χ3v) is 3.41. The third-order valence-electron chi connectivity index (χ3n) is 3.41.